The van der Waals surface area contributed by atoms with Crippen molar-refractivity contribution in [3.8, 4) is 0 Å². The maximum atomic E-state index is 11.7. The van der Waals surface area contributed by atoms with E-state index >= 15 is 0 Å². The smallest absolute Gasteiger partial charge is 0.222 e. The van der Waals surface area contributed by atoms with E-state index in [9.17, 15) is 9.90 Å². The number of hydrogen-bond acceptors (Lipinski definition) is 3. The van der Waals surface area contributed by atoms with Crippen molar-refractivity contribution in [3.63, 3.8) is 0 Å². The van der Waals surface area contributed by atoms with E-state index in [0.717, 1.165) is 6.42 Å². The molecule has 0 aliphatic rings. The molecule has 0 spiro atoms. The van der Waals surface area contributed by atoms with Crippen LogP contribution in [0.3, 0.4) is 0 Å². The van der Waals surface area contributed by atoms with Crippen molar-refractivity contribution in [2.45, 2.75) is 18.9 Å². The third-order valence-electron chi connectivity index (χ3n) is 2.91. The first-order valence-electron chi connectivity index (χ1n) is 6.38. The lowest BCUT2D eigenvalue weighted by Crippen LogP contribution is -2.27. The van der Waals surface area contributed by atoms with Gasteiger partial charge < -0.3 is 10.4 Å². The van der Waals surface area contributed by atoms with E-state index in [-0.39, 0.29) is 12.3 Å². The lowest BCUT2D eigenvalue weighted by molar-refractivity contribution is -0.123. The molecule has 1 aromatic heterocycles. The van der Waals surface area contributed by atoms with Crippen LogP contribution in [0.4, 0.5) is 0 Å². The zero-order valence-corrected chi connectivity index (χ0v) is 12.5. The van der Waals surface area contributed by atoms with Gasteiger partial charge in [-0.25, -0.2) is 0 Å². The molecule has 1 aromatic carbocycles. The number of thiophene rings is 1. The van der Waals surface area contributed by atoms with Crippen molar-refractivity contribution in [2.75, 3.05) is 6.54 Å². The maximum absolute atomic E-state index is 11.7. The van der Waals surface area contributed by atoms with E-state index in [0.29, 0.717) is 17.1 Å². The van der Waals surface area contributed by atoms with E-state index in [4.69, 9.17) is 11.6 Å². The van der Waals surface area contributed by atoms with Gasteiger partial charge in [0.25, 0.3) is 0 Å². The summed E-state index contributed by atoms with van der Waals surface area (Å²) in [6, 6.07) is 10.9. The molecule has 20 heavy (non-hydrogen) atoms. The average Bonchev–Trinajstić information content (AvgIpc) is 2.92. The molecule has 3 nitrogen and oxygen atoms in total. The maximum Gasteiger partial charge on any atom is 0.222 e. The molecule has 0 saturated carbocycles. The third kappa shape index (κ3) is 4.63. The Morgan fingerprint density at radius 1 is 1.30 bits per heavy atom. The minimum atomic E-state index is -0.797. The van der Waals surface area contributed by atoms with E-state index < -0.39 is 6.10 Å². The standard InChI is InChI=1S/C15H16ClNO2S/c16-12-5-3-11(4-6-12)14(18)10-15(19)17-8-7-13-2-1-9-20-13/h1-6,9,14,18H,7-8,10H2,(H,17,19). The zero-order valence-electron chi connectivity index (χ0n) is 10.9. The number of amides is 1. The van der Waals surface area contributed by atoms with Gasteiger partial charge in [-0.2, -0.15) is 0 Å². The summed E-state index contributed by atoms with van der Waals surface area (Å²) in [6.07, 6.45) is 0.0842. The van der Waals surface area contributed by atoms with Gasteiger partial charge in [0.2, 0.25) is 5.91 Å². The van der Waals surface area contributed by atoms with Gasteiger partial charge in [0.05, 0.1) is 12.5 Å². The summed E-state index contributed by atoms with van der Waals surface area (Å²) in [5, 5.41) is 15.4. The number of aliphatic hydroxyl groups excluding tert-OH is 1. The molecule has 0 aliphatic heterocycles. The molecule has 0 saturated heterocycles. The van der Waals surface area contributed by atoms with Gasteiger partial charge in [0.1, 0.15) is 0 Å². The summed E-state index contributed by atoms with van der Waals surface area (Å²) in [7, 11) is 0. The van der Waals surface area contributed by atoms with E-state index in [1.54, 1.807) is 35.6 Å². The first-order chi connectivity index (χ1) is 9.65. The van der Waals surface area contributed by atoms with Crippen LogP contribution < -0.4 is 5.32 Å². The first-order valence-corrected chi connectivity index (χ1v) is 7.63. The molecule has 0 aliphatic carbocycles. The molecule has 5 heteroatoms. The van der Waals surface area contributed by atoms with E-state index in [2.05, 4.69) is 5.32 Å². The molecule has 1 amide bonds. The Labute approximate surface area is 127 Å². The topological polar surface area (TPSA) is 49.3 Å². The van der Waals surface area contributed by atoms with Gasteiger partial charge in [0.15, 0.2) is 0 Å². The summed E-state index contributed by atoms with van der Waals surface area (Å²) >= 11 is 7.45. The highest BCUT2D eigenvalue weighted by atomic mass is 35.5. The van der Waals surface area contributed by atoms with E-state index in [1.165, 1.54) is 4.88 Å². The molecule has 2 N–H and O–H groups in total. The molecule has 2 aromatic rings. The summed E-state index contributed by atoms with van der Waals surface area (Å²) < 4.78 is 0. The van der Waals surface area contributed by atoms with Crippen molar-refractivity contribution in [3.05, 3.63) is 57.2 Å². The van der Waals surface area contributed by atoms with Crippen molar-refractivity contribution in [1.82, 2.24) is 5.32 Å². The Hall–Kier alpha value is -1.36. The Morgan fingerprint density at radius 2 is 2.05 bits per heavy atom. The molecular weight excluding hydrogens is 294 g/mol. The molecule has 1 unspecified atom stereocenters. The van der Waals surface area contributed by atoms with Crippen molar-refractivity contribution in [1.29, 1.82) is 0 Å². The summed E-state index contributed by atoms with van der Waals surface area (Å²) in [5.41, 5.74) is 0.697. The zero-order chi connectivity index (χ0) is 14.4. The molecular formula is C15H16ClNO2S. The predicted molar refractivity (Wildman–Crippen MR) is 82.1 cm³/mol. The largest absolute Gasteiger partial charge is 0.388 e. The first kappa shape index (κ1) is 15.0. The van der Waals surface area contributed by atoms with Crippen LogP contribution in [0, 0.1) is 0 Å². The predicted octanol–water partition coefficient (Wildman–Crippen LogP) is 3.18. The molecule has 106 valence electrons. The van der Waals surface area contributed by atoms with Crippen LogP contribution in [0.2, 0.25) is 5.02 Å². The average molecular weight is 310 g/mol. The van der Waals surface area contributed by atoms with Crippen LogP contribution in [0.25, 0.3) is 0 Å². The molecule has 1 atom stereocenters. The lowest BCUT2D eigenvalue weighted by Gasteiger charge is -2.11. The number of aliphatic hydroxyl groups is 1. The highest BCUT2D eigenvalue weighted by molar-refractivity contribution is 7.09. The minimum Gasteiger partial charge on any atom is -0.388 e. The van der Waals surface area contributed by atoms with Gasteiger partial charge in [-0.05, 0) is 35.6 Å². The molecule has 2 rings (SSSR count). The Kier molecular flexibility index (Phi) is 5.59. The number of carbonyl (C=O) groups is 1. The van der Waals surface area contributed by atoms with Crippen molar-refractivity contribution >= 4 is 28.8 Å². The van der Waals surface area contributed by atoms with Gasteiger partial charge in [-0.15, -0.1) is 11.3 Å². The summed E-state index contributed by atoms with van der Waals surface area (Å²) in [6.45, 7) is 0.590. The van der Waals surface area contributed by atoms with Crippen LogP contribution >= 0.6 is 22.9 Å². The fraction of sp³-hybridized carbons (Fsp3) is 0.267. The SMILES string of the molecule is O=C(CC(O)c1ccc(Cl)cc1)NCCc1cccs1. The van der Waals surface area contributed by atoms with Crippen LogP contribution in [-0.4, -0.2) is 17.6 Å². The molecule has 0 bridgehead atoms. The second kappa shape index (κ2) is 7.43. The fourth-order valence-corrected chi connectivity index (χ4v) is 2.67. The number of carbonyl (C=O) groups excluding carboxylic acids is 1. The molecule has 0 fully saturated rings. The Balaban J connectivity index is 1.74. The minimum absolute atomic E-state index is 0.0616. The van der Waals surface area contributed by atoms with E-state index in [1.807, 2.05) is 17.5 Å². The number of benzene rings is 1. The summed E-state index contributed by atoms with van der Waals surface area (Å²) in [5.74, 6) is -0.149. The third-order valence-corrected chi connectivity index (χ3v) is 4.10. The quantitative estimate of drug-likeness (QED) is 0.861. The number of rotatable bonds is 6. The second-order valence-corrected chi connectivity index (χ2v) is 5.92. The van der Waals surface area contributed by atoms with Crippen LogP contribution in [0.1, 0.15) is 23.0 Å². The number of nitrogens with one attached hydrogen (secondary N) is 1. The highest BCUT2D eigenvalue weighted by Gasteiger charge is 2.12. The Morgan fingerprint density at radius 3 is 2.70 bits per heavy atom. The van der Waals surface area contributed by atoms with Crippen LogP contribution in [-0.2, 0) is 11.2 Å². The van der Waals surface area contributed by atoms with Gasteiger partial charge >= 0.3 is 0 Å². The van der Waals surface area contributed by atoms with Crippen molar-refractivity contribution in [2.24, 2.45) is 0 Å². The highest BCUT2D eigenvalue weighted by Crippen LogP contribution is 2.19. The second-order valence-electron chi connectivity index (χ2n) is 4.45. The van der Waals surface area contributed by atoms with Gasteiger partial charge in [-0.3, -0.25) is 4.79 Å². The fourth-order valence-electron chi connectivity index (χ4n) is 1.83. The van der Waals surface area contributed by atoms with Gasteiger partial charge in [-0.1, -0.05) is 29.8 Å². The van der Waals surface area contributed by atoms with Crippen molar-refractivity contribution < 1.29 is 9.90 Å². The van der Waals surface area contributed by atoms with Crippen LogP contribution in [0.5, 0.6) is 0 Å². The summed E-state index contributed by atoms with van der Waals surface area (Å²) in [4.78, 5) is 13.0. The Bertz CT molecular complexity index is 540. The molecule has 1 heterocycles. The lowest BCUT2D eigenvalue weighted by atomic mass is 10.1. The molecule has 0 radical (unpaired) electrons. The number of halogens is 1. The number of hydrogen-bond donors (Lipinski definition) is 2. The monoisotopic (exact) mass is 309 g/mol. The normalized spacial score (nSPS) is 12.1. The van der Waals surface area contributed by atoms with Crippen LogP contribution in [0.15, 0.2) is 41.8 Å². The van der Waals surface area contributed by atoms with Gasteiger partial charge in [0, 0.05) is 16.4 Å².